The fourth-order valence-electron chi connectivity index (χ4n) is 2.66. The van der Waals surface area contributed by atoms with Crippen molar-refractivity contribution in [1.29, 1.82) is 0 Å². The van der Waals surface area contributed by atoms with Crippen LogP contribution in [0.4, 0.5) is 0 Å². The van der Waals surface area contributed by atoms with Crippen molar-refractivity contribution < 1.29 is 4.79 Å². The first-order chi connectivity index (χ1) is 9.79. The second-order valence-electron chi connectivity index (χ2n) is 5.30. The third-order valence-electron chi connectivity index (χ3n) is 3.93. The summed E-state index contributed by atoms with van der Waals surface area (Å²) in [7, 11) is 0. The molecule has 1 aliphatic rings. The van der Waals surface area contributed by atoms with E-state index in [-0.39, 0.29) is 17.9 Å². The Bertz CT molecular complexity index is 565. The predicted octanol–water partition coefficient (Wildman–Crippen LogP) is 2.78. The molecular formula is C16H19N3O. The van der Waals surface area contributed by atoms with Crippen molar-refractivity contribution >= 4 is 5.91 Å². The second kappa shape index (κ2) is 5.49. The average Bonchev–Trinajstić information content (AvgIpc) is 3.12. The normalized spacial score (nSPS) is 22.2. The summed E-state index contributed by atoms with van der Waals surface area (Å²) >= 11 is 0. The van der Waals surface area contributed by atoms with Gasteiger partial charge in [-0.3, -0.25) is 4.79 Å². The Kier molecular flexibility index (Phi) is 3.54. The number of H-pyrrole nitrogens is 1. The van der Waals surface area contributed by atoms with E-state index in [0.717, 1.165) is 18.7 Å². The first-order valence-electron chi connectivity index (χ1n) is 7.14. The minimum Gasteiger partial charge on any atom is -0.347 e. The van der Waals surface area contributed by atoms with Crippen molar-refractivity contribution in [2.24, 2.45) is 5.92 Å². The van der Waals surface area contributed by atoms with Crippen LogP contribution in [0.2, 0.25) is 0 Å². The Balaban J connectivity index is 1.61. The van der Waals surface area contributed by atoms with E-state index in [1.807, 2.05) is 18.2 Å². The number of benzene rings is 1. The quantitative estimate of drug-likeness (QED) is 0.877. The molecule has 3 rings (SSSR count). The molecule has 0 saturated heterocycles. The lowest BCUT2D eigenvalue weighted by Crippen LogP contribution is -2.30. The summed E-state index contributed by atoms with van der Waals surface area (Å²) in [6, 6.07) is 10.2. The lowest BCUT2D eigenvalue weighted by Gasteiger charge is -2.14. The van der Waals surface area contributed by atoms with Gasteiger partial charge in [0, 0.05) is 18.3 Å². The van der Waals surface area contributed by atoms with Gasteiger partial charge in [0.25, 0.3) is 0 Å². The largest absolute Gasteiger partial charge is 0.347 e. The molecule has 1 heterocycles. The summed E-state index contributed by atoms with van der Waals surface area (Å²) < 4.78 is 0. The molecule has 2 N–H and O–H groups in total. The van der Waals surface area contributed by atoms with Crippen molar-refractivity contribution in [2.45, 2.75) is 31.7 Å². The van der Waals surface area contributed by atoms with E-state index in [9.17, 15) is 4.79 Å². The third-order valence-corrected chi connectivity index (χ3v) is 3.93. The molecule has 0 radical (unpaired) electrons. The van der Waals surface area contributed by atoms with Crippen molar-refractivity contribution in [3.05, 3.63) is 54.1 Å². The molecule has 0 spiro atoms. The van der Waals surface area contributed by atoms with Gasteiger partial charge in [-0.05, 0) is 24.3 Å². The number of carbonyl (C=O) groups is 1. The number of aromatic amines is 1. The molecule has 3 atom stereocenters. The molecule has 20 heavy (non-hydrogen) atoms. The van der Waals surface area contributed by atoms with Gasteiger partial charge in [-0.15, -0.1) is 0 Å². The number of aromatic nitrogens is 2. The van der Waals surface area contributed by atoms with Crippen LogP contribution in [0.25, 0.3) is 0 Å². The number of nitrogens with zero attached hydrogens (tertiary/aromatic N) is 1. The first-order valence-corrected chi connectivity index (χ1v) is 7.14. The van der Waals surface area contributed by atoms with E-state index >= 15 is 0 Å². The minimum absolute atomic E-state index is 0.0190. The summed E-state index contributed by atoms with van der Waals surface area (Å²) in [4.78, 5) is 19.6. The van der Waals surface area contributed by atoms with E-state index in [4.69, 9.17) is 0 Å². The van der Waals surface area contributed by atoms with E-state index < -0.39 is 0 Å². The standard InChI is InChI=1S/C16H19N3O/c1-2-14(15-17-8-9-18-15)19-16(20)13-10-12(13)11-6-4-3-5-7-11/h3-9,12-14H,2,10H2,1H3,(H,17,18)(H,19,20). The molecule has 104 valence electrons. The van der Waals surface area contributed by atoms with Crippen molar-refractivity contribution in [1.82, 2.24) is 15.3 Å². The Morgan fingerprint density at radius 1 is 1.45 bits per heavy atom. The van der Waals surface area contributed by atoms with Crippen molar-refractivity contribution in [3.63, 3.8) is 0 Å². The number of rotatable bonds is 5. The molecule has 1 amide bonds. The molecule has 0 aliphatic heterocycles. The van der Waals surface area contributed by atoms with Crippen LogP contribution in [0.5, 0.6) is 0 Å². The zero-order chi connectivity index (χ0) is 13.9. The van der Waals surface area contributed by atoms with Crippen LogP contribution in [0.1, 0.15) is 43.1 Å². The van der Waals surface area contributed by atoms with Crippen LogP contribution in [0, 0.1) is 5.92 Å². The van der Waals surface area contributed by atoms with Gasteiger partial charge < -0.3 is 10.3 Å². The number of amides is 1. The fraction of sp³-hybridized carbons (Fsp3) is 0.375. The molecule has 2 aromatic rings. The van der Waals surface area contributed by atoms with Gasteiger partial charge >= 0.3 is 0 Å². The summed E-state index contributed by atoms with van der Waals surface area (Å²) in [5.74, 6) is 1.46. The number of hydrogen-bond acceptors (Lipinski definition) is 2. The molecule has 0 bridgehead atoms. The molecule has 1 fully saturated rings. The predicted molar refractivity (Wildman–Crippen MR) is 77.1 cm³/mol. The maximum Gasteiger partial charge on any atom is 0.224 e. The van der Waals surface area contributed by atoms with E-state index in [0.29, 0.717) is 5.92 Å². The molecule has 4 nitrogen and oxygen atoms in total. The Morgan fingerprint density at radius 2 is 2.25 bits per heavy atom. The van der Waals surface area contributed by atoms with Crippen LogP contribution in [-0.2, 0) is 4.79 Å². The zero-order valence-electron chi connectivity index (χ0n) is 11.5. The molecular weight excluding hydrogens is 250 g/mol. The fourth-order valence-corrected chi connectivity index (χ4v) is 2.66. The van der Waals surface area contributed by atoms with Gasteiger partial charge in [0.1, 0.15) is 5.82 Å². The van der Waals surface area contributed by atoms with Crippen LogP contribution >= 0.6 is 0 Å². The summed E-state index contributed by atoms with van der Waals surface area (Å²) in [5, 5.41) is 3.10. The van der Waals surface area contributed by atoms with E-state index in [1.165, 1.54) is 5.56 Å². The lowest BCUT2D eigenvalue weighted by atomic mass is 10.1. The number of imidazole rings is 1. The van der Waals surface area contributed by atoms with Crippen molar-refractivity contribution in [3.8, 4) is 0 Å². The number of carbonyl (C=O) groups excluding carboxylic acids is 1. The van der Waals surface area contributed by atoms with Gasteiger partial charge in [0.05, 0.1) is 6.04 Å². The summed E-state index contributed by atoms with van der Waals surface area (Å²) in [6.07, 6.45) is 5.29. The Hall–Kier alpha value is -2.10. The molecule has 3 unspecified atom stereocenters. The number of hydrogen-bond donors (Lipinski definition) is 2. The first kappa shape index (κ1) is 12.9. The molecule has 1 aromatic carbocycles. The molecule has 4 heteroatoms. The van der Waals surface area contributed by atoms with Crippen molar-refractivity contribution in [2.75, 3.05) is 0 Å². The summed E-state index contributed by atoms with van der Waals surface area (Å²) in [6.45, 7) is 2.05. The smallest absolute Gasteiger partial charge is 0.224 e. The van der Waals surface area contributed by atoms with Gasteiger partial charge in [0.15, 0.2) is 0 Å². The minimum atomic E-state index is -0.0190. The number of nitrogens with one attached hydrogen (secondary N) is 2. The van der Waals surface area contributed by atoms with E-state index in [2.05, 4.69) is 34.3 Å². The Morgan fingerprint density at radius 3 is 2.90 bits per heavy atom. The van der Waals surface area contributed by atoms with Gasteiger partial charge in [-0.1, -0.05) is 37.3 Å². The second-order valence-corrected chi connectivity index (χ2v) is 5.30. The van der Waals surface area contributed by atoms with Crippen LogP contribution in [0.3, 0.4) is 0 Å². The maximum absolute atomic E-state index is 12.3. The topological polar surface area (TPSA) is 57.8 Å². The molecule has 1 aromatic heterocycles. The monoisotopic (exact) mass is 269 g/mol. The lowest BCUT2D eigenvalue weighted by molar-refractivity contribution is -0.123. The highest BCUT2D eigenvalue weighted by molar-refractivity contribution is 5.83. The molecule has 1 saturated carbocycles. The maximum atomic E-state index is 12.3. The molecule has 1 aliphatic carbocycles. The summed E-state index contributed by atoms with van der Waals surface area (Å²) in [5.41, 5.74) is 1.26. The van der Waals surface area contributed by atoms with Crippen LogP contribution < -0.4 is 5.32 Å². The van der Waals surface area contributed by atoms with Crippen LogP contribution in [0.15, 0.2) is 42.7 Å². The van der Waals surface area contributed by atoms with Crippen LogP contribution in [-0.4, -0.2) is 15.9 Å². The average molecular weight is 269 g/mol. The highest BCUT2D eigenvalue weighted by atomic mass is 16.2. The van der Waals surface area contributed by atoms with Gasteiger partial charge in [-0.25, -0.2) is 4.98 Å². The van der Waals surface area contributed by atoms with E-state index in [1.54, 1.807) is 12.4 Å². The van der Waals surface area contributed by atoms with Gasteiger partial charge in [0.2, 0.25) is 5.91 Å². The zero-order valence-corrected chi connectivity index (χ0v) is 11.5. The Labute approximate surface area is 118 Å². The highest BCUT2D eigenvalue weighted by Gasteiger charge is 2.44. The highest BCUT2D eigenvalue weighted by Crippen LogP contribution is 2.47. The SMILES string of the molecule is CCC(NC(=O)C1CC1c1ccccc1)c1ncc[nH]1. The third kappa shape index (κ3) is 2.59. The van der Waals surface area contributed by atoms with Gasteiger partial charge in [-0.2, -0.15) is 0 Å².